The van der Waals surface area contributed by atoms with Crippen LogP contribution in [-0.2, 0) is 17.8 Å². The van der Waals surface area contributed by atoms with Gasteiger partial charge in [0.05, 0.1) is 5.92 Å². The number of hydrogen-bond acceptors (Lipinski definition) is 2. The number of aliphatic carboxylic acids is 1. The van der Waals surface area contributed by atoms with Crippen LogP contribution in [0.3, 0.4) is 0 Å². The van der Waals surface area contributed by atoms with Gasteiger partial charge in [-0.15, -0.1) is 0 Å². The van der Waals surface area contributed by atoms with E-state index >= 15 is 0 Å². The van der Waals surface area contributed by atoms with E-state index in [1.54, 1.807) is 0 Å². The van der Waals surface area contributed by atoms with Crippen molar-refractivity contribution in [2.45, 2.75) is 40.2 Å². The largest absolute Gasteiger partial charge is 0.481 e. The van der Waals surface area contributed by atoms with Gasteiger partial charge < -0.3 is 10.4 Å². The molecular weight excluding hydrogens is 238 g/mol. The first-order valence-corrected chi connectivity index (χ1v) is 7.04. The molecule has 0 saturated heterocycles. The number of carboxylic acids is 1. The van der Waals surface area contributed by atoms with E-state index in [4.69, 9.17) is 5.11 Å². The van der Waals surface area contributed by atoms with Crippen LogP contribution >= 0.6 is 0 Å². The summed E-state index contributed by atoms with van der Waals surface area (Å²) in [6.07, 6.45) is 1.76. The highest BCUT2D eigenvalue weighted by Crippen LogP contribution is 2.10. The highest BCUT2D eigenvalue weighted by atomic mass is 16.4. The summed E-state index contributed by atoms with van der Waals surface area (Å²) in [5.41, 5.74) is 2.56. The Labute approximate surface area is 116 Å². The van der Waals surface area contributed by atoms with Crippen molar-refractivity contribution in [2.24, 2.45) is 11.8 Å². The molecule has 19 heavy (non-hydrogen) atoms. The molecule has 0 bridgehead atoms. The zero-order chi connectivity index (χ0) is 14.3. The minimum absolute atomic E-state index is 0.291. The summed E-state index contributed by atoms with van der Waals surface area (Å²) in [5, 5.41) is 12.2. The van der Waals surface area contributed by atoms with E-state index in [0.717, 1.165) is 13.0 Å². The number of rotatable bonds is 8. The second-order valence-electron chi connectivity index (χ2n) is 5.49. The maximum absolute atomic E-state index is 10.9. The van der Waals surface area contributed by atoms with Crippen molar-refractivity contribution < 1.29 is 9.90 Å². The van der Waals surface area contributed by atoms with Crippen LogP contribution < -0.4 is 5.32 Å². The average molecular weight is 263 g/mol. The topological polar surface area (TPSA) is 49.3 Å². The Morgan fingerprint density at radius 2 is 1.79 bits per heavy atom. The molecule has 1 atom stereocenters. The number of benzene rings is 1. The van der Waals surface area contributed by atoms with Crippen molar-refractivity contribution >= 4 is 5.97 Å². The second-order valence-corrected chi connectivity index (χ2v) is 5.49. The lowest BCUT2D eigenvalue weighted by atomic mass is 10.0. The maximum Gasteiger partial charge on any atom is 0.307 e. The fourth-order valence-corrected chi connectivity index (χ4v) is 2.06. The Kier molecular flexibility index (Phi) is 6.57. The van der Waals surface area contributed by atoms with E-state index in [1.165, 1.54) is 11.1 Å². The molecule has 0 radical (unpaired) electrons. The number of carbonyl (C=O) groups is 1. The fourth-order valence-electron chi connectivity index (χ4n) is 2.06. The minimum Gasteiger partial charge on any atom is -0.481 e. The zero-order valence-corrected chi connectivity index (χ0v) is 12.1. The molecule has 1 unspecified atom stereocenters. The Balaban J connectivity index is 2.39. The summed E-state index contributed by atoms with van der Waals surface area (Å²) in [6.45, 7) is 7.59. The lowest BCUT2D eigenvalue weighted by Gasteiger charge is -2.11. The Morgan fingerprint density at radius 1 is 1.21 bits per heavy atom. The van der Waals surface area contributed by atoms with Gasteiger partial charge in [0.25, 0.3) is 0 Å². The van der Waals surface area contributed by atoms with Gasteiger partial charge in [-0.2, -0.15) is 0 Å². The molecule has 1 rings (SSSR count). The third-order valence-electron chi connectivity index (χ3n) is 3.23. The number of nitrogens with one attached hydrogen (secondary N) is 1. The fraction of sp³-hybridized carbons (Fsp3) is 0.562. The first-order chi connectivity index (χ1) is 9.02. The predicted molar refractivity (Wildman–Crippen MR) is 78.1 cm³/mol. The normalized spacial score (nSPS) is 12.6. The summed E-state index contributed by atoms with van der Waals surface area (Å²) >= 11 is 0. The van der Waals surface area contributed by atoms with Gasteiger partial charge in [0, 0.05) is 13.1 Å². The van der Waals surface area contributed by atoms with Crippen molar-refractivity contribution in [3.05, 3.63) is 35.4 Å². The predicted octanol–water partition coefficient (Wildman–Crippen LogP) is 3.09. The van der Waals surface area contributed by atoms with Gasteiger partial charge in [-0.05, 0) is 29.9 Å². The average Bonchev–Trinajstić information content (AvgIpc) is 2.35. The van der Waals surface area contributed by atoms with Gasteiger partial charge >= 0.3 is 5.97 Å². The van der Waals surface area contributed by atoms with Crippen LogP contribution in [-0.4, -0.2) is 17.6 Å². The molecule has 1 aromatic carbocycles. The molecule has 1 aromatic rings. The summed E-state index contributed by atoms with van der Waals surface area (Å²) in [5.74, 6) is -0.340. The Morgan fingerprint density at radius 3 is 2.26 bits per heavy atom. The van der Waals surface area contributed by atoms with Crippen LogP contribution in [0.2, 0.25) is 0 Å². The van der Waals surface area contributed by atoms with Gasteiger partial charge in [0.2, 0.25) is 0 Å². The van der Waals surface area contributed by atoms with E-state index in [0.29, 0.717) is 18.9 Å². The van der Waals surface area contributed by atoms with Crippen LogP contribution in [0, 0.1) is 11.8 Å². The van der Waals surface area contributed by atoms with Crippen molar-refractivity contribution in [1.29, 1.82) is 0 Å². The molecule has 0 amide bonds. The second kappa shape index (κ2) is 7.95. The van der Waals surface area contributed by atoms with E-state index in [1.807, 2.05) is 6.92 Å². The molecule has 0 fully saturated rings. The van der Waals surface area contributed by atoms with Crippen LogP contribution in [0.15, 0.2) is 24.3 Å². The highest BCUT2D eigenvalue weighted by molar-refractivity contribution is 5.70. The van der Waals surface area contributed by atoms with Crippen molar-refractivity contribution in [3.63, 3.8) is 0 Å². The van der Waals surface area contributed by atoms with E-state index < -0.39 is 5.97 Å². The minimum atomic E-state index is -0.720. The van der Waals surface area contributed by atoms with Crippen LogP contribution in [0.4, 0.5) is 0 Å². The summed E-state index contributed by atoms with van der Waals surface area (Å²) in [6, 6.07) is 8.55. The quantitative estimate of drug-likeness (QED) is 0.757. The molecule has 0 saturated carbocycles. The van der Waals surface area contributed by atoms with E-state index in [-0.39, 0.29) is 5.92 Å². The lowest BCUT2D eigenvalue weighted by Crippen LogP contribution is -2.27. The highest BCUT2D eigenvalue weighted by Gasteiger charge is 2.13. The standard InChI is InChI=1S/C16H25NO2/c1-4-15(16(18)19)11-17-10-14-7-5-13(6-8-14)9-12(2)3/h5-8,12,15,17H,4,9-11H2,1-3H3,(H,18,19). The third kappa shape index (κ3) is 5.88. The molecule has 0 spiro atoms. The Bertz CT molecular complexity index is 384. The number of carboxylic acid groups (broad SMARTS) is 1. The van der Waals surface area contributed by atoms with E-state index in [9.17, 15) is 4.79 Å². The Hall–Kier alpha value is -1.35. The maximum atomic E-state index is 10.9. The van der Waals surface area contributed by atoms with Crippen molar-refractivity contribution in [3.8, 4) is 0 Å². The van der Waals surface area contributed by atoms with Gasteiger partial charge in [0.15, 0.2) is 0 Å². The van der Waals surface area contributed by atoms with Gasteiger partial charge in [0.1, 0.15) is 0 Å². The van der Waals surface area contributed by atoms with Crippen molar-refractivity contribution in [1.82, 2.24) is 5.32 Å². The molecule has 3 nitrogen and oxygen atoms in total. The molecule has 0 aromatic heterocycles. The zero-order valence-electron chi connectivity index (χ0n) is 12.1. The summed E-state index contributed by atoms with van der Waals surface area (Å²) < 4.78 is 0. The lowest BCUT2D eigenvalue weighted by molar-refractivity contribution is -0.141. The van der Waals surface area contributed by atoms with Crippen LogP contribution in [0.1, 0.15) is 38.3 Å². The van der Waals surface area contributed by atoms with Crippen LogP contribution in [0.5, 0.6) is 0 Å². The molecule has 0 aliphatic heterocycles. The molecule has 0 heterocycles. The SMILES string of the molecule is CCC(CNCc1ccc(CC(C)C)cc1)C(=O)O. The monoisotopic (exact) mass is 263 g/mol. The first kappa shape index (κ1) is 15.7. The molecule has 0 aliphatic carbocycles. The smallest absolute Gasteiger partial charge is 0.307 e. The molecular formula is C16H25NO2. The molecule has 106 valence electrons. The van der Waals surface area contributed by atoms with E-state index in [2.05, 4.69) is 43.4 Å². The van der Waals surface area contributed by atoms with Crippen LogP contribution in [0.25, 0.3) is 0 Å². The molecule has 0 aliphatic rings. The summed E-state index contributed by atoms with van der Waals surface area (Å²) in [4.78, 5) is 10.9. The van der Waals surface area contributed by atoms with Gasteiger partial charge in [-0.3, -0.25) is 4.79 Å². The summed E-state index contributed by atoms with van der Waals surface area (Å²) in [7, 11) is 0. The molecule has 2 N–H and O–H groups in total. The van der Waals surface area contributed by atoms with Gasteiger partial charge in [-0.1, -0.05) is 45.0 Å². The van der Waals surface area contributed by atoms with Crippen molar-refractivity contribution in [2.75, 3.05) is 6.54 Å². The molecule has 3 heteroatoms. The first-order valence-electron chi connectivity index (χ1n) is 7.04. The van der Waals surface area contributed by atoms with Gasteiger partial charge in [-0.25, -0.2) is 0 Å². The number of hydrogen-bond donors (Lipinski definition) is 2. The third-order valence-corrected chi connectivity index (χ3v) is 3.23.